The van der Waals surface area contributed by atoms with Gasteiger partial charge in [-0.3, -0.25) is 0 Å². The van der Waals surface area contributed by atoms with Crippen LogP contribution in [0.5, 0.6) is 0 Å². The summed E-state index contributed by atoms with van der Waals surface area (Å²) in [6.07, 6.45) is 0. The molecule has 0 unspecified atom stereocenters. The fraction of sp³-hybridized carbons (Fsp3) is 0.0909. The van der Waals surface area contributed by atoms with Crippen molar-refractivity contribution in [3.8, 4) is 0 Å². The Labute approximate surface area is 80.3 Å². The predicted octanol–water partition coefficient (Wildman–Crippen LogP) is 3.91. The zero-order chi connectivity index (χ0) is 8.55. The maximum Gasteiger partial charge on any atom is 0.0181 e. The second kappa shape index (κ2) is 2.91. The topological polar surface area (TPSA) is 0 Å². The largest absolute Gasteiger partial charge is 0.0614 e. The van der Waals surface area contributed by atoms with Gasteiger partial charge in [0.2, 0.25) is 0 Å². The van der Waals surface area contributed by atoms with Crippen LogP contribution in [0, 0.1) is 6.92 Å². The molecule has 2 aromatic rings. The van der Waals surface area contributed by atoms with Crippen LogP contribution in [0.1, 0.15) is 5.56 Å². The lowest BCUT2D eigenvalue weighted by Crippen LogP contribution is -1.76. The van der Waals surface area contributed by atoms with Crippen molar-refractivity contribution < 1.29 is 0 Å². The molecule has 1 heteroatoms. The van der Waals surface area contributed by atoms with Crippen molar-refractivity contribution in [1.29, 1.82) is 0 Å². The average molecular weight is 221 g/mol. The molecule has 0 fully saturated rings. The van der Waals surface area contributed by atoms with Crippen molar-refractivity contribution in [2.45, 2.75) is 6.92 Å². The van der Waals surface area contributed by atoms with Crippen LogP contribution in [-0.4, -0.2) is 0 Å². The van der Waals surface area contributed by atoms with Crippen LogP contribution in [0.3, 0.4) is 0 Å². The molecule has 2 aromatic carbocycles. The minimum Gasteiger partial charge on any atom is -0.0614 e. The quantitative estimate of drug-likeness (QED) is 0.632. The highest BCUT2D eigenvalue weighted by Gasteiger charge is 1.95. The molecule has 0 nitrogen and oxygen atoms in total. The second-order valence-electron chi connectivity index (χ2n) is 2.94. The zero-order valence-corrected chi connectivity index (χ0v) is 8.43. The third kappa shape index (κ3) is 1.25. The Balaban J connectivity index is 2.86. The van der Waals surface area contributed by atoms with E-state index in [1.807, 2.05) is 0 Å². The summed E-state index contributed by atoms with van der Waals surface area (Å²) >= 11 is 3.46. The SMILES string of the molecule is Cc1cccc2cc(Br)ccc12. The molecule has 12 heavy (non-hydrogen) atoms. The Morgan fingerprint density at radius 2 is 1.92 bits per heavy atom. The summed E-state index contributed by atoms with van der Waals surface area (Å²) in [4.78, 5) is 0. The Bertz CT molecular complexity index is 418. The first-order valence-corrected chi connectivity index (χ1v) is 4.71. The van der Waals surface area contributed by atoms with Crippen LogP contribution in [0.25, 0.3) is 10.8 Å². The summed E-state index contributed by atoms with van der Waals surface area (Å²) in [5, 5.41) is 2.63. The van der Waals surface area contributed by atoms with Gasteiger partial charge in [0.05, 0.1) is 0 Å². The fourth-order valence-electron chi connectivity index (χ4n) is 1.42. The molecular formula is C11H9Br. The second-order valence-corrected chi connectivity index (χ2v) is 3.86. The molecule has 0 radical (unpaired) electrons. The molecule has 0 bridgehead atoms. The smallest absolute Gasteiger partial charge is 0.0181 e. The van der Waals surface area contributed by atoms with Crippen molar-refractivity contribution >= 4 is 26.7 Å². The maximum atomic E-state index is 3.46. The van der Waals surface area contributed by atoms with Gasteiger partial charge >= 0.3 is 0 Å². The molecule has 0 aliphatic carbocycles. The Hall–Kier alpha value is -0.820. The predicted molar refractivity (Wildman–Crippen MR) is 56.4 cm³/mol. The summed E-state index contributed by atoms with van der Waals surface area (Å²) in [5.41, 5.74) is 1.33. The molecule has 2 rings (SSSR count). The maximum absolute atomic E-state index is 3.46. The summed E-state index contributed by atoms with van der Waals surface area (Å²) in [6.45, 7) is 2.14. The molecule has 0 spiro atoms. The first-order valence-electron chi connectivity index (χ1n) is 3.92. The highest BCUT2D eigenvalue weighted by atomic mass is 79.9. The summed E-state index contributed by atoms with van der Waals surface area (Å²) in [5.74, 6) is 0. The number of benzene rings is 2. The van der Waals surface area contributed by atoms with E-state index in [4.69, 9.17) is 0 Å². The molecule has 0 heterocycles. The highest BCUT2D eigenvalue weighted by molar-refractivity contribution is 9.10. The van der Waals surface area contributed by atoms with Crippen molar-refractivity contribution in [3.63, 3.8) is 0 Å². The molecule has 0 N–H and O–H groups in total. The van der Waals surface area contributed by atoms with Gasteiger partial charge in [0.15, 0.2) is 0 Å². The third-order valence-corrected chi connectivity index (χ3v) is 2.55. The summed E-state index contributed by atoms with van der Waals surface area (Å²) < 4.78 is 1.14. The van der Waals surface area contributed by atoms with Crippen molar-refractivity contribution in [2.24, 2.45) is 0 Å². The lowest BCUT2D eigenvalue weighted by molar-refractivity contribution is 1.53. The lowest BCUT2D eigenvalue weighted by Gasteiger charge is -2.01. The minimum absolute atomic E-state index is 1.14. The van der Waals surface area contributed by atoms with Crippen LogP contribution >= 0.6 is 15.9 Å². The van der Waals surface area contributed by atoms with Gasteiger partial charge in [-0.1, -0.05) is 40.2 Å². The van der Waals surface area contributed by atoms with E-state index >= 15 is 0 Å². The summed E-state index contributed by atoms with van der Waals surface area (Å²) in [6, 6.07) is 12.7. The molecule has 0 aromatic heterocycles. The number of aryl methyl sites for hydroxylation is 1. The first kappa shape index (κ1) is 7.81. The molecule has 60 valence electrons. The van der Waals surface area contributed by atoms with E-state index in [2.05, 4.69) is 59.3 Å². The normalized spacial score (nSPS) is 10.5. The molecule has 0 atom stereocenters. The Kier molecular flexibility index (Phi) is 1.89. The minimum atomic E-state index is 1.14. The number of halogens is 1. The van der Waals surface area contributed by atoms with E-state index < -0.39 is 0 Å². The van der Waals surface area contributed by atoms with Crippen LogP contribution in [0.2, 0.25) is 0 Å². The third-order valence-electron chi connectivity index (χ3n) is 2.06. The van der Waals surface area contributed by atoms with E-state index in [0.717, 1.165) is 4.47 Å². The average Bonchev–Trinajstić information content (AvgIpc) is 2.04. The van der Waals surface area contributed by atoms with Crippen LogP contribution in [0.15, 0.2) is 40.9 Å². The fourth-order valence-corrected chi connectivity index (χ4v) is 1.80. The van der Waals surface area contributed by atoms with Crippen molar-refractivity contribution in [2.75, 3.05) is 0 Å². The van der Waals surface area contributed by atoms with E-state index in [0.29, 0.717) is 0 Å². The molecule has 0 aliphatic rings. The standard InChI is InChI=1S/C11H9Br/c1-8-3-2-4-9-7-10(12)5-6-11(8)9/h2-7H,1H3. The number of hydrogen-bond acceptors (Lipinski definition) is 0. The van der Waals surface area contributed by atoms with Crippen LogP contribution in [-0.2, 0) is 0 Å². The summed E-state index contributed by atoms with van der Waals surface area (Å²) in [7, 11) is 0. The number of fused-ring (bicyclic) bond motifs is 1. The van der Waals surface area contributed by atoms with Gasteiger partial charge in [0.25, 0.3) is 0 Å². The van der Waals surface area contributed by atoms with Crippen LogP contribution < -0.4 is 0 Å². The Morgan fingerprint density at radius 3 is 2.75 bits per heavy atom. The van der Waals surface area contributed by atoms with Crippen molar-refractivity contribution in [1.82, 2.24) is 0 Å². The molecular weight excluding hydrogens is 212 g/mol. The Morgan fingerprint density at radius 1 is 1.08 bits per heavy atom. The first-order chi connectivity index (χ1) is 5.77. The van der Waals surface area contributed by atoms with E-state index in [-0.39, 0.29) is 0 Å². The van der Waals surface area contributed by atoms with Gasteiger partial charge < -0.3 is 0 Å². The molecule has 0 amide bonds. The monoisotopic (exact) mass is 220 g/mol. The zero-order valence-electron chi connectivity index (χ0n) is 6.84. The number of hydrogen-bond donors (Lipinski definition) is 0. The molecule has 0 aliphatic heterocycles. The highest BCUT2D eigenvalue weighted by Crippen LogP contribution is 2.21. The van der Waals surface area contributed by atoms with E-state index in [1.165, 1.54) is 16.3 Å². The van der Waals surface area contributed by atoms with E-state index in [1.54, 1.807) is 0 Å². The van der Waals surface area contributed by atoms with Gasteiger partial charge in [-0.2, -0.15) is 0 Å². The van der Waals surface area contributed by atoms with Gasteiger partial charge in [0.1, 0.15) is 0 Å². The van der Waals surface area contributed by atoms with Crippen molar-refractivity contribution in [3.05, 3.63) is 46.4 Å². The molecule has 0 saturated heterocycles. The molecule has 0 saturated carbocycles. The van der Waals surface area contributed by atoms with Gasteiger partial charge in [-0.15, -0.1) is 0 Å². The number of rotatable bonds is 0. The van der Waals surface area contributed by atoms with Crippen LogP contribution in [0.4, 0.5) is 0 Å². The van der Waals surface area contributed by atoms with Gasteiger partial charge in [-0.05, 0) is 35.4 Å². The van der Waals surface area contributed by atoms with Gasteiger partial charge in [-0.25, -0.2) is 0 Å². The lowest BCUT2D eigenvalue weighted by atomic mass is 10.1. The van der Waals surface area contributed by atoms with Gasteiger partial charge in [0, 0.05) is 4.47 Å². The van der Waals surface area contributed by atoms with E-state index in [9.17, 15) is 0 Å².